The third-order valence-electron chi connectivity index (χ3n) is 11.4. The van der Waals surface area contributed by atoms with Crippen molar-refractivity contribution < 1.29 is 48.9 Å². The summed E-state index contributed by atoms with van der Waals surface area (Å²) in [7, 11) is 0. The first kappa shape index (κ1) is 50.2. The highest BCUT2D eigenvalue weighted by Crippen LogP contribution is 2.21. The zero-order chi connectivity index (χ0) is 48.6. The number of carbonyl (C=O) groups is 7. The number of aliphatic hydroxyl groups is 2. The van der Waals surface area contributed by atoms with E-state index in [-0.39, 0.29) is 37.8 Å². The van der Waals surface area contributed by atoms with E-state index in [1.54, 1.807) is 60.0 Å². The van der Waals surface area contributed by atoms with Gasteiger partial charge in [-0.2, -0.15) is 0 Å². The maximum Gasteiger partial charge on any atom is 0.326 e. The third kappa shape index (κ3) is 14.4. The highest BCUT2D eigenvalue weighted by Gasteiger charge is 2.36. The summed E-state index contributed by atoms with van der Waals surface area (Å²) in [5.74, 6) is -6.96. The van der Waals surface area contributed by atoms with Crippen molar-refractivity contribution in [1.82, 2.24) is 26.6 Å². The lowest BCUT2D eigenvalue weighted by Crippen LogP contribution is -2.60. The van der Waals surface area contributed by atoms with Crippen LogP contribution >= 0.6 is 11.3 Å². The first-order valence-corrected chi connectivity index (χ1v) is 23.1. The molecule has 5 aromatic rings. The summed E-state index contributed by atoms with van der Waals surface area (Å²) in [6.45, 7) is 0.319. The van der Waals surface area contributed by atoms with Crippen LogP contribution in [0.25, 0.3) is 11.1 Å². The Hall–Kier alpha value is -7.25. The number of thiophene rings is 1. The van der Waals surface area contributed by atoms with Crippen LogP contribution in [0, 0.1) is 0 Å². The first-order chi connectivity index (χ1) is 32.8. The Labute approximate surface area is 396 Å². The molecular formula is C50H55N7O10S. The van der Waals surface area contributed by atoms with E-state index < -0.39 is 83.8 Å². The Morgan fingerprint density at radius 3 is 1.75 bits per heavy atom. The predicted octanol–water partition coefficient (Wildman–Crippen LogP) is 2.00. The summed E-state index contributed by atoms with van der Waals surface area (Å²) in [4.78, 5) is 97.3. The van der Waals surface area contributed by atoms with E-state index in [1.807, 2.05) is 42.5 Å². The molecule has 0 saturated carbocycles. The number of amides is 6. The van der Waals surface area contributed by atoms with Gasteiger partial charge in [0.2, 0.25) is 23.6 Å². The number of aliphatic hydroxyl groups excluding tert-OH is 2. The van der Waals surface area contributed by atoms with E-state index in [0.717, 1.165) is 11.1 Å². The molecule has 11 N–H and O–H groups in total. The standard InChI is InChI=1S/C50H55N7O10S/c51-24-8-7-15-37(50(66)67)53-44(60)39-28-32-18-22-35(23-19-32)52-48(64)42(58)43(59)49(65)57-41(29-36-14-9-25-68-36)47(63)56-40(27-31-16-20-34(21-17-31)33-12-5-2-6-13-33)46(62)54-38(45(61)55-39)26-30-10-3-1-4-11-30/h1-6,9-14,16-23,25,37-43,58-59H,7-8,15,24,26-29,51H2,(H,52,64)(H,53,60)(H,54,62)(H,55,61)(H,56,63)(H,57,65)(H,66,67)/t37-,38+,39-,40-,41+,42+,43+/m0/s1. The Morgan fingerprint density at radius 1 is 0.618 bits per heavy atom. The lowest BCUT2D eigenvalue weighted by atomic mass is 9.99. The highest BCUT2D eigenvalue weighted by atomic mass is 32.1. The summed E-state index contributed by atoms with van der Waals surface area (Å²) in [5.41, 5.74) is 9.30. The summed E-state index contributed by atoms with van der Waals surface area (Å²) in [6.07, 6.45) is -4.08. The number of anilines is 1. The monoisotopic (exact) mass is 945 g/mol. The maximum absolute atomic E-state index is 14.7. The number of carboxylic acids is 1. The number of aliphatic carboxylic acids is 1. The minimum absolute atomic E-state index is 0.0674. The fourth-order valence-corrected chi connectivity index (χ4v) is 8.33. The molecule has 0 spiro atoms. The molecule has 6 amide bonds. The molecule has 17 nitrogen and oxygen atoms in total. The molecule has 0 unspecified atom stereocenters. The van der Waals surface area contributed by atoms with E-state index in [4.69, 9.17) is 5.73 Å². The second-order valence-electron chi connectivity index (χ2n) is 16.4. The van der Waals surface area contributed by atoms with Crippen LogP contribution in [0.2, 0.25) is 0 Å². The number of benzene rings is 4. The molecule has 2 aliphatic rings. The molecule has 0 saturated heterocycles. The summed E-state index contributed by atoms with van der Waals surface area (Å²) in [5, 5.41) is 49.2. The molecule has 68 heavy (non-hydrogen) atoms. The van der Waals surface area contributed by atoms with Crippen molar-refractivity contribution >= 4 is 58.4 Å². The quantitative estimate of drug-likeness (QED) is 0.0568. The average Bonchev–Trinajstić information content (AvgIpc) is 3.86. The van der Waals surface area contributed by atoms with Crippen molar-refractivity contribution in [3.8, 4) is 11.1 Å². The van der Waals surface area contributed by atoms with Gasteiger partial charge in [0.1, 0.15) is 30.2 Å². The highest BCUT2D eigenvalue weighted by molar-refractivity contribution is 7.09. The van der Waals surface area contributed by atoms with Crippen LogP contribution in [-0.2, 0) is 59.2 Å². The number of nitrogens with one attached hydrogen (secondary N) is 6. The van der Waals surface area contributed by atoms with Gasteiger partial charge in [0, 0.05) is 36.2 Å². The summed E-state index contributed by atoms with van der Waals surface area (Å²) in [6, 6.07) is 28.1. The molecule has 0 fully saturated rings. The Bertz CT molecular complexity index is 2490. The SMILES string of the molecule is NCCCC[C@H](NC(=O)[C@@H]1Cc2ccc(cc2)NC(=O)[C@H](O)[C@@H](O)C(=O)N[C@H](Cc2cccs2)C(=O)N[C@@H](Cc2ccc(-c3ccccc3)cc2)C(=O)N[C@H](Cc2ccccc2)C(=O)N1)C(=O)O. The fourth-order valence-electron chi connectivity index (χ4n) is 7.58. The van der Waals surface area contributed by atoms with E-state index in [2.05, 4.69) is 31.9 Å². The second-order valence-corrected chi connectivity index (χ2v) is 17.5. The van der Waals surface area contributed by atoms with Crippen molar-refractivity contribution in [1.29, 1.82) is 0 Å². The number of carbonyl (C=O) groups excluding carboxylic acids is 6. The molecule has 2 aliphatic heterocycles. The Morgan fingerprint density at radius 2 is 1.16 bits per heavy atom. The van der Waals surface area contributed by atoms with Crippen molar-refractivity contribution in [2.75, 3.05) is 11.9 Å². The minimum atomic E-state index is -2.33. The van der Waals surface area contributed by atoms with Crippen LogP contribution in [0.3, 0.4) is 0 Å². The molecule has 3 heterocycles. The minimum Gasteiger partial charge on any atom is -0.480 e. The largest absolute Gasteiger partial charge is 0.480 e. The van der Waals surface area contributed by atoms with Crippen molar-refractivity contribution in [2.24, 2.45) is 5.73 Å². The molecule has 0 radical (unpaired) electrons. The first-order valence-electron chi connectivity index (χ1n) is 22.2. The number of carboxylic acid groups (broad SMARTS) is 1. The number of hydrogen-bond acceptors (Lipinski definition) is 11. The van der Waals surface area contributed by atoms with Crippen molar-refractivity contribution in [2.45, 2.75) is 87.4 Å². The molecule has 7 rings (SSSR count). The van der Waals surface area contributed by atoms with Crippen LogP contribution in [-0.4, -0.2) is 106 Å². The molecule has 356 valence electrons. The molecular weight excluding hydrogens is 891 g/mol. The van der Waals surface area contributed by atoms with Gasteiger partial charge in [-0.3, -0.25) is 28.8 Å². The van der Waals surface area contributed by atoms with Crippen molar-refractivity contribution in [3.05, 3.63) is 148 Å². The second kappa shape index (κ2) is 24.5. The van der Waals surface area contributed by atoms with Crippen molar-refractivity contribution in [3.63, 3.8) is 0 Å². The zero-order valence-electron chi connectivity index (χ0n) is 37.0. The van der Waals surface area contributed by atoms with Gasteiger partial charge < -0.3 is 53.0 Å². The molecule has 4 aromatic carbocycles. The molecule has 7 atom stereocenters. The van der Waals surface area contributed by atoms with Crippen LogP contribution in [0.1, 0.15) is 40.8 Å². The molecule has 0 aliphatic carbocycles. The third-order valence-corrected chi connectivity index (χ3v) is 12.3. The Balaban J connectivity index is 1.39. The van der Waals surface area contributed by atoms with Crippen LogP contribution in [0.5, 0.6) is 0 Å². The lowest BCUT2D eigenvalue weighted by molar-refractivity contribution is -0.144. The number of unbranched alkanes of at least 4 members (excludes halogenated alkanes) is 1. The van der Waals surface area contributed by atoms with E-state index >= 15 is 0 Å². The van der Waals surface area contributed by atoms with E-state index in [1.165, 1.54) is 35.6 Å². The predicted molar refractivity (Wildman–Crippen MR) is 255 cm³/mol. The van der Waals surface area contributed by atoms with Crippen LogP contribution in [0.15, 0.2) is 127 Å². The van der Waals surface area contributed by atoms with Gasteiger partial charge in [0.25, 0.3) is 11.8 Å². The van der Waals surface area contributed by atoms with Gasteiger partial charge in [-0.15, -0.1) is 11.3 Å². The maximum atomic E-state index is 14.7. The van der Waals surface area contributed by atoms with Gasteiger partial charge in [-0.05, 0) is 77.2 Å². The zero-order valence-corrected chi connectivity index (χ0v) is 37.8. The fraction of sp³-hybridized carbons (Fsp3) is 0.300. The van der Waals surface area contributed by atoms with Gasteiger partial charge in [0.05, 0.1) is 0 Å². The summed E-state index contributed by atoms with van der Waals surface area (Å²) >= 11 is 1.28. The number of rotatable bonds is 14. The van der Waals surface area contributed by atoms with Gasteiger partial charge in [0.15, 0.2) is 12.2 Å². The summed E-state index contributed by atoms with van der Waals surface area (Å²) < 4.78 is 0. The molecule has 2 bridgehead atoms. The van der Waals surface area contributed by atoms with Gasteiger partial charge in [-0.25, -0.2) is 4.79 Å². The lowest BCUT2D eigenvalue weighted by Gasteiger charge is -2.27. The van der Waals surface area contributed by atoms with E-state index in [0.29, 0.717) is 41.0 Å². The number of nitrogens with two attached hydrogens (primary N) is 1. The van der Waals surface area contributed by atoms with Gasteiger partial charge >= 0.3 is 5.97 Å². The topological polar surface area (TPSA) is 278 Å². The molecule has 1 aromatic heterocycles. The Kier molecular flexibility index (Phi) is 18.1. The average molecular weight is 946 g/mol. The smallest absolute Gasteiger partial charge is 0.326 e. The normalized spacial score (nSPS) is 21.2. The van der Waals surface area contributed by atoms with Gasteiger partial charge in [-0.1, -0.05) is 103 Å². The number of hydrogen-bond donors (Lipinski definition) is 10. The van der Waals surface area contributed by atoms with E-state index in [9.17, 15) is 48.9 Å². The van der Waals surface area contributed by atoms with Crippen LogP contribution < -0.4 is 37.6 Å². The number of fused-ring (bicyclic) bond motifs is 18. The van der Waals surface area contributed by atoms with Crippen LogP contribution in [0.4, 0.5) is 5.69 Å². The molecule has 18 heteroatoms.